The number of anilines is 1. The lowest BCUT2D eigenvalue weighted by Crippen LogP contribution is -2.35. The van der Waals surface area contributed by atoms with Gasteiger partial charge in [-0.25, -0.2) is 4.98 Å². The fraction of sp³-hybridized carbons (Fsp3) is 0.583. The Kier molecular flexibility index (Phi) is 4.56. The Morgan fingerprint density at radius 2 is 2.00 bits per heavy atom. The lowest BCUT2D eigenvalue weighted by molar-refractivity contribution is -0.141. The highest BCUT2D eigenvalue weighted by Crippen LogP contribution is 2.29. The van der Waals surface area contributed by atoms with Crippen LogP contribution in [0.15, 0.2) is 18.2 Å². The minimum atomic E-state index is -4.45. The van der Waals surface area contributed by atoms with Crippen LogP contribution in [-0.4, -0.2) is 22.2 Å². The Bertz CT molecular complexity index is 395. The number of pyridine rings is 1. The van der Waals surface area contributed by atoms with E-state index in [1.165, 1.54) is 12.1 Å². The van der Waals surface area contributed by atoms with Crippen molar-refractivity contribution in [1.82, 2.24) is 4.98 Å². The molecule has 0 aliphatic rings. The summed E-state index contributed by atoms with van der Waals surface area (Å²) in [5, 5.41) is 11.9. The highest BCUT2D eigenvalue weighted by atomic mass is 19.4. The van der Waals surface area contributed by atoms with E-state index in [0.717, 1.165) is 6.07 Å². The van der Waals surface area contributed by atoms with Gasteiger partial charge in [-0.2, -0.15) is 13.2 Å². The summed E-state index contributed by atoms with van der Waals surface area (Å²) >= 11 is 0. The maximum Gasteiger partial charge on any atom is 0.433 e. The Balaban J connectivity index is 2.91. The number of aliphatic hydroxyl groups excluding tert-OH is 1. The van der Waals surface area contributed by atoms with E-state index < -0.39 is 17.4 Å². The second-order valence-electron chi connectivity index (χ2n) is 4.42. The zero-order chi connectivity index (χ0) is 13.8. The Morgan fingerprint density at radius 1 is 1.33 bits per heavy atom. The van der Waals surface area contributed by atoms with Crippen molar-refractivity contribution in [2.24, 2.45) is 0 Å². The average molecular weight is 262 g/mol. The van der Waals surface area contributed by atoms with Gasteiger partial charge in [0.05, 0.1) is 0 Å². The lowest BCUT2D eigenvalue weighted by atomic mass is 9.95. The summed E-state index contributed by atoms with van der Waals surface area (Å²) in [6.45, 7) is 3.71. The molecule has 0 radical (unpaired) electrons. The van der Waals surface area contributed by atoms with Crippen molar-refractivity contribution in [3.8, 4) is 0 Å². The molecule has 0 saturated heterocycles. The van der Waals surface area contributed by atoms with Crippen LogP contribution in [-0.2, 0) is 6.18 Å². The first kappa shape index (κ1) is 14.8. The van der Waals surface area contributed by atoms with Crippen LogP contribution in [0.5, 0.6) is 0 Å². The summed E-state index contributed by atoms with van der Waals surface area (Å²) in [5.74, 6) is 0.169. The largest absolute Gasteiger partial charge is 0.433 e. The first-order chi connectivity index (χ1) is 8.30. The molecule has 0 spiro atoms. The van der Waals surface area contributed by atoms with E-state index in [1.54, 1.807) is 0 Å². The standard InChI is InChI=1S/C12H17F3N2O/c1-3-11(2,7-8-18)17-10-6-4-5-9(16-10)12(13,14)15/h4-6,18H,3,7-8H2,1-2H3,(H,16,17). The minimum Gasteiger partial charge on any atom is -0.396 e. The lowest BCUT2D eigenvalue weighted by Gasteiger charge is -2.29. The van der Waals surface area contributed by atoms with Crippen molar-refractivity contribution < 1.29 is 18.3 Å². The fourth-order valence-corrected chi connectivity index (χ4v) is 1.55. The van der Waals surface area contributed by atoms with E-state index in [-0.39, 0.29) is 12.4 Å². The number of rotatable bonds is 5. The molecule has 0 aromatic carbocycles. The number of halogens is 3. The molecule has 6 heteroatoms. The van der Waals surface area contributed by atoms with Gasteiger partial charge in [-0.1, -0.05) is 13.0 Å². The van der Waals surface area contributed by atoms with Crippen molar-refractivity contribution >= 4 is 5.82 Å². The molecule has 0 aliphatic carbocycles. The molecule has 1 heterocycles. The average Bonchev–Trinajstić information content (AvgIpc) is 2.28. The molecule has 18 heavy (non-hydrogen) atoms. The van der Waals surface area contributed by atoms with Crippen LogP contribution in [0.1, 0.15) is 32.4 Å². The van der Waals surface area contributed by atoms with Crippen LogP contribution in [0, 0.1) is 0 Å². The van der Waals surface area contributed by atoms with Gasteiger partial charge in [-0.3, -0.25) is 0 Å². The zero-order valence-corrected chi connectivity index (χ0v) is 10.4. The topological polar surface area (TPSA) is 45.1 Å². The van der Waals surface area contributed by atoms with Gasteiger partial charge in [-0.15, -0.1) is 0 Å². The van der Waals surface area contributed by atoms with Crippen LogP contribution in [0.3, 0.4) is 0 Å². The molecule has 0 amide bonds. The molecule has 1 aromatic rings. The molecule has 1 aromatic heterocycles. The van der Waals surface area contributed by atoms with E-state index in [2.05, 4.69) is 10.3 Å². The maximum absolute atomic E-state index is 12.5. The summed E-state index contributed by atoms with van der Waals surface area (Å²) in [7, 11) is 0. The van der Waals surface area contributed by atoms with Crippen molar-refractivity contribution in [2.45, 2.75) is 38.4 Å². The van der Waals surface area contributed by atoms with Crippen molar-refractivity contribution in [3.05, 3.63) is 23.9 Å². The SMILES string of the molecule is CCC(C)(CCO)Nc1cccc(C(F)(F)F)n1. The summed E-state index contributed by atoms with van der Waals surface area (Å²) in [6, 6.07) is 3.73. The monoisotopic (exact) mass is 262 g/mol. The van der Waals surface area contributed by atoms with Crippen LogP contribution >= 0.6 is 0 Å². The smallest absolute Gasteiger partial charge is 0.396 e. The normalized spacial score (nSPS) is 15.2. The number of hydrogen-bond acceptors (Lipinski definition) is 3. The molecule has 1 atom stereocenters. The second kappa shape index (κ2) is 5.56. The molecule has 0 aliphatic heterocycles. The summed E-state index contributed by atoms with van der Waals surface area (Å²) in [4.78, 5) is 3.54. The van der Waals surface area contributed by atoms with Gasteiger partial charge in [0.25, 0.3) is 0 Å². The van der Waals surface area contributed by atoms with Gasteiger partial charge in [-0.05, 0) is 31.9 Å². The van der Waals surface area contributed by atoms with E-state index in [0.29, 0.717) is 12.8 Å². The molecule has 1 unspecified atom stereocenters. The van der Waals surface area contributed by atoms with Crippen LogP contribution in [0.4, 0.5) is 19.0 Å². The third kappa shape index (κ3) is 3.87. The molecule has 102 valence electrons. The van der Waals surface area contributed by atoms with E-state index in [9.17, 15) is 13.2 Å². The van der Waals surface area contributed by atoms with Crippen LogP contribution in [0.2, 0.25) is 0 Å². The third-order valence-electron chi connectivity index (χ3n) is 2.91. The first-order valence-corrected chi connectivity index (χ1v) is 5.74. The van der Waals surface area contributed by atoms with Crippen LogP contribution < -0.4 is 5.32 Å². The highest BCUT2D eigenvalue weighted by molar-refractivity contribution is 5.38. The van der Waals surface area contributed by atoms with Crippen LogP contribution in [0.25, 0.3) is 0 Å². The number of hydrogen-bond donors (Lipinski definition) is 2. The van der Waals surface area contributed by atoms with Gasteiger partial charge in [0.2, 0.25) is 0 Å². The molecule has 2 N–H and O–H groups in total. The van der Waals surface area contributed by atoms with Gasteiger partial charge >= 0.3 is 6.18 Å². The molecule has 0 fully saturated rings. The minimum absolute atomic E-state index is 0.0314. The van der Waals surface area contributed by atoms with E-state index >= 15 is 0 Å². The third-order valence-corrected chi connectivity index (χ3v) is 2.91. The molecule has 1 rings (SSSR count). The highest BCUT2D eigenvalue weighted by Gasteiger charge is 2.33. The van der Waals surface area contributed by atoms with Gasteiger partial charge < -0.3 is 10.4 Å². The van der Waals surface area contributed by atoms with E-state index in [1.807, 2.05) is 13.8 Å². The number of aliphatic hydroxyl groups is 1. The Labute approximate surface area is 104 Å². The quantitative estimate of drug-likeness (QED) is 0.857. The number of nitrogens with one attached hydrogen (secondary N) is 1. The number of aromatic nitrogens is 1. The molecule has 0 saturated carbocycles. The zero-order valence-electron chi connectivity index (χ0n) is 10.4. The van der Waals surface area contributed by atoms with Gasteiger partial charge in [0, 0.05) is 12.1 Å². The van der Waals surface area contributed by atoms with Crippen molar-refractivity contribution in [1.29, 1.82) is 0 Å². The summed E-state index contributed by atoms with van der Waals surface area (Å²) < 4.78 is 37.5. The fourth-order valence-electron chi connectivity index (χ4n) is 1.55. The first-order valence-electron chi connectivity index (χ1n) is 5.74. The number of alkyl halides is 3. The maximum atomic E-state index is 12.5. The predicted octanol–water partition coefficient (Wildman–Crippen LogP) is 3.06. The summed E-state index contributed by atoms with van der Waals surface area (Å²) in [6.07, 6.45) is -3.33. The Morgan fingerprint density at radius 3 is 2.50 bits per heavy atom. The predicted molar refractivity (Wildman–Crippen MR) is 63.3 cm³/mol. The van der Waals surface area contributed by atoms with Crippen molar-refractivity contribution in [3.63, 3.8) is 0 Å². The molecular weight excluding hydrogens is 245 g/mol. The van der Waals surface area contributed by atoms with Gasteiger partial charge in [0.15, 0.2) is 0 Å². The molecular formula is C12H17F3N2O. The Hall–Kier alpha value is -1.30. The van der Waals surface area contributed by atoms with E-state index in [4.69, 9.17) is 5.11 Å². The molecule has 3 nitrogen and oxygen atoms in total. The van der Waals surface area contributed by atoms with Gasteiger partial charge in [0.1, 0.15) is 11.5 Å². The summed E-state index contributed by atoms with van der Waals surface area (Å²) in [5.41, 5.74) is -1.39. The molecule has 0 bridgehead atoms. The van der Waals surface area contributed by atoms with Crippen molar-refractivity contribution in [2.75, 3.05) is 11.9 Å². The number of nitrogens with zero attached hydrogens (tertiary/aromatic N) is 1. The second-order valence-corrected chi connectivity index (χ2v) is 4.42.